The highest BCUT2D eigenvalue weighted by atomic mass is 16.5. The fourth-order valence-electron chi connectivity index (χ4n) is 2.72. The minimum Gasteiger partial charge on any atom is -0.465 e. The van der Waals surface area contributed by atoms with Crippen molar-refractivity contribution in [2.24, 2.45) is 0 Å². The Balaban J connectivity index is 1.68. The first-order valence-electron chi connectivity index (χ1n) is 7.55. The molecule has 8 heteroatoms. The van der Waals surface area contributed by atoms with Crippen LogP contribution in [0.1, 0.15) is 13.3 Å². The van der Waals surface area contributed by atoms with E-state index in [2.05, 4.69) is 29.7 Å². The molecule has 1 aliphatic heterocycles. The van der Waals surface area contributed by atoms with E-state index in [1.165, 1.54) is 0 Å². The molecule has 3 heterocycles. The number of anilines is 1. The fourth-order valence-corrected chi connectivity index (χ4v) is 2.72. The van der Waals surface area contributed by atoms with E-state index in [9.17, 15) is 4.79 Å². The lowest BCUT2D eigenvalue weighted by Gasteiger charge is -2.22. The lowest BCUT2D eigenvalue weighted by atomic mass is 10.3. The van der Waals surface area contributed by atoms with Crippen LogP contribution in [0.3, 0.4) is 0 Å². The van der Waals surface area contributed by atoms with Crippen LogP contribution in [0.4, 0.5) is 5.82 Å². The monoisotopic (exact) mass is 304 g/mol. The molecule has 1 fully saturated rings. The molecule has 1 N–H and O–H groups in total. The number of H-pyrrole nitrogens is 1. The number of ether oxygens (including phenoxy) is 1. The number of aromatic amines is 1. The second-order valence-electron chi connectivity index (χ2n) is 5.22. The first-order chi connectivity index (χ1) is 10.8. The highest BCUT2D eigenvalue weighted by molar-refractivity contribution is 5.82. The van der Waals surface area contributed by atoms with Gasteiger partial charge in [-0.2, -0.15) is 0 Å². The van der Waals surface area contributed by atoms with Gasteiger partial charge < -0.3 is 14.6 Å². The quantitative estimate of drug-likeness (QED) is 0.819. The predicted molar refractivity (Wildman–Crippen MR) is 81.6 cm³/mol. The summed E-state index contributed by atoms with van der Waals surface area (Å²) < 4.78 is 5.02. The van der Waals surface area contributed by atoms with E-state index in [-0.39, 0.29) is 5.97 Å². The van der Waals surface area contributed by atoms with E-state index < -0.39 is 0 Å². The SMILES string of the molecule is CCOC(=O)CN1CCCN(c2ncnc3nc[nH]c23)CC1. The van der Waals surface area contributed by atoms with E-state index in [1.807, 2.05) is 6.92 Å². The summed E-state index contributed by atoms with van der Waals surface area (Å²) in [6.07, 6.45) is 4.15. The van der Waals surface area contributed by atoms with E-state index in [0.717, 1.165) is 43.9 Å². The number of esters is 1. The standard InChI is InChI=1S/C14H20N6O2/c1-2-22-11(21)8-19-4-3-5-20(7-6-19)14-12-13(16-9-15-12)17-10-18-14/h9-10H,2-8H2,1H3,(H,15,16,17,18). The summed E-state index contributed by atoms with van der Waals surface area (Å²) in [5.41, 5.74) is 1.54. The molecule has 0 bridgehead atoms. The van der Waals surface area contributed by atoms with Crippen LogP contribution in [0.25, 0.3) is 11.2 Å². The Hall–Kier alpha value is -2.22. The Morgan fingerprint density at radius 3 is 3.05 bits per heavy atom. The molecule has 2 aromatic rings. The van der Waals surface area contributed by atoms with Gasteiger partial charge in [0, 0.05) is 26.2 Å². The van der Waals surface area contributed by atoms with Gasteiger partial charge in [0.1, 0.15) is 11.8 Å². The molecule has 118 valence electrons. The molecule has 2 aromatic heterocycles. The molecular weight excluding hydrogens is 284 g/mol. The molecule has 0 aliphatic carbocycles. The van der Waals surface area contributed by atoms with Crippen LogP contribution in [-0.4, -0.2) is 70.1 Å². The van der Waals surface area contributed by atoms with E-state index in [0.29, 0.717) is 18.8 Å². The zero-order valence-electron chi connectivity index (χ0n) is 12.7. The second kappa shape index (κ2) is 6.69. The lowest BCUT2D eigenvalue weighted by Crippen LogP contribution is -2.35. The van der Waals surface area contributed by atoms with Crippen LogP contribution >= 0.6 is 0 Å². The maximum atomic E-state index is 11.6. The molecule has 0 unspecified atom stereocenters. The van der Waals surface area contributed by atoms with Gasteiger partial charge in [-0.25, -0.2) is 15.0 Å². The Kier molecular flexibility index (Phi) is 4.47. The number of nitrogens with one attached hydrogen (secondary N) is 1. The van der Waals surface area contributed by atoms with Crippen molar-refractivity contribution in [1.29, 1.82) is 0 Å². The van der Waals surface area contributed by atoms with Crippen molar-refractivity contribution in [1.82, 2.24) is 24.8 Å². The van der Waals surface area contributed by atoms with E-state index >= 15 is 0 Å². The number of rotatable bonds is 4. The third kappa shape index (κ3) is 3.16. The van der Waals surface area contributed by atoms with Gasteiger partial charge in [-0.1, -0.05) is 0 Å². The van der Waals surface area contributed by atoms with Gasteiger partial charge in [-0.3, -0.25) is 9.69 Å². The molecular formula is C14H20N6O2. The number of imidazole rings is 1. The topological polar surface area (TPSA) is 87.2 Å². The lowest BCUT2D eigenvalue weighted by molar-refractivity contribution is -0.144. The summed E-state index contributed by atoms with van der Waals surface area (Å²) in [6, 6.07) is 0. The van der Waals surface area contributed by atoms with Crippen LogP contribution in [0.15, 0.2) is 12.7 Å². The summed E-state index contributed by atoms with van der Waals surface area (Å²) in [5, 5.41) is 0. The highest BCUT2D eigenvalue weighted by Gasteiger charge is 2.20. The predicted octanol–water partition coefficient (Wildman–Crippen LogP) is 0.428. The Labute approximate surface area is 128 Å². The first-order valence-corrected chi connectivity index (χ1v) is 7.55. The molecule has 0 spiro atoms. The van der Waals surface area contributed by atoms with Crippen LogP contribution < -0.4 is 4.90 Å². The molecule has 8 nitrogen and oxygen atoms in total. The van der Waals surface area contributed by atoms with Crippen molar-refractivity contribution < 1.29 is 9.53 Å². The minimum absolute atomic E-state index is 0.158. The molecule has 0 amide bonds. The molecule has 1 aliphatic rings. The number of carbonyl (C=O) groups excluding carboxylic acids is 1. The molecule has 0 radical (unpaired) electrons. The van der Waals surface area contributed by atoms with Crippen LogP contribution in [0.5, 0.6) is 0 Å². The Morgan fingerprint density at radius 1 is 1.27 bits per heavy atom. The Morgan fingerprint density at radius 2 is 2.18 bits per heavy atom. The van der Waals surface area contributed by atoms with Crippen LogP contribution in [-0.2, 0) is 9.53 Å². The number of fused-ring (bicyclic) bond motifs is 1. The summed E-state index contributed by atoms with van der Waals surface area (Å²) in [7, 11) is 0. The van der Waals surface area contributed by atoms with Gasteiger partial charge in [0.15, 0.2) is 11.5 Å². The highest BCUT2D eigenvalue weighted by Crippen LogP contribution is 2.20. The molecule has 3 rings (SSSR count). The van der Waals surface area contributed by atoms with Crippen molar-refractivity contribution in [3.05, 3.63) is 12.7 Å². The van der Waals surface area contributed by atoms with Crippen molar-refractivity contribution in [3.63, 3.8) is 0 Å². The minimum atomic E-state index is -0.158. The summed E-state index contributed by atoms with van der Waals surface area (Å²) in [6.45, 7) is 6.00. The average molecular weight is 304 g/mol. The first kappa shape index (κ1) is 14.7. The molecule has 0 atom stereocenters. The van der Waals surface area contributed by atoms with Gasteiger partial charge in [-0.05, 0) is 13.3 Å². The molecule has 22 heavy (non-hydrogen) atoms. The van der Waals surface area contributed by atoms with Gasteiger partial charge in [-0.15, -0.1) is 0 Å². The number of nitrogens with zero attached hydrogens (tertiary/aromatic N) is 5. The van der Waals surface area contributed by atoms with Crippen molar-refractivity contribution >= 4 is 23.0 Å². The van der Waals surface area contributed by atoms with Crippen molar-refractivity contribution in [2.75, 3.05) is 44.2 Å². The van der Waals surface area contributed by atoms with Crippen LogP contribution in [0, 0.1) is 0 Å². The smallest absolute Gasteiger partial charge is 0.320 e. The van der Waals surface area contributed by atoms with Crippen molar-refractivity contribution in [3.8, 4) is 0 Å². The second-order valence-corrected chi connectivity index (χ2v) is 5.22. The summed E-state index contributed by atoms with van der Waals surface area (Å²) in [5.74, 6) is 0.717. The normalized spacial score (nSPS) is 16.7. The van der Waals surface area contributed by atoms with Crippen molar-refractivity contribution in [2.45, 2.75) is 13.3 Å². The number of aromatic nitrogens is 4. The largest absolute Gasteiger partial charge is 0.465 e. The summed E-state index contributed by atoms with van der Waals surface area (Å²) >= 11 is 0. The number of hydrogen-bond donors (Lipinski definition) is 1. The zero-order valence-corrected chi connectivity index (χ0v) is 12.7. The summed E-state index contributed by atoms with van der Waals surface area (Å²) in [4.78, 5) is 31.8. The fraction of sp³-hybridized carbons (Fsp3) is 0.571. The maximum absolute atomic E-state index is 11.6. The molecule has 0 aromatic carbocycles. The van der Waals surface area contributed by atoms with E-state index in [4.69, 9.17) is 4.74 Å². The maximum Gasteiger partial charge on any atom is 0.320 e. The van der Waals surface area contributed by atoms with E-state index in [1.54, 1.807) is 12.7 Å². The Bertz CT molecular complexity index is 643. The van der Waals surface area contributed by atoms with Gasteiger partial charge >= 0.3 is 5.97 Å². The third-order valence-electron chi connectivity index (χ3n) is 3.75. The molecule has 1 saturated heterocycles. The third-order valence-corrected chi connectivity index (χ3v) is 3.75. The number of hydrogen-bond acceptors (Lipinski definition) is 7. The van der Waals surface area contributed by atoms with Gasteiger partial charge in [0.25, 0.3) is 0 Å². The molecule has 0 saturated carbocycles. The average Bonchev–Trinajstić information content (AvgIpc) is 2.88. The number of carbonyl (C=O) groups is 1. The van der Waals surface area contributed by atoms with Crippen LogP contribution in [0.2, 0.25) is 0 Å². The van der Waals surface area contributed by atoms with Gasteiger partial charge in [0.05, 0.1) is 19.5 Å². The zero-order chi connectivity index (χ0) is 15.4. The van der Waals surface area contributed by atoms with Gasteiger partial charge in [0.2, 0.25) is 0 Å².